The van der Waals surface area contributed by atoms with Crippen LogP contribution >= 0.6 is 0 Å². The number of hydrogen-bond acceptors (Lipinski definition) is 4. The van der Waals surface area contributed by atoms with Gasteiger partial charge in [-0.15, -0.1) is 0 Å². The second-order valence-electron chi connectivity index (χ2n) is 10.4. The number of rotatable bonds is 16. The van der Waals surface area contributed by atoms with Gasteiger partial charge in [-0.05, 0) is 56.2 Å². The van der Waals surface area contributed by atoms with Gasteiger partial charge in [0.25, 0.3) is 0 Å². The zero-order valence-electron chi connectivity index (χ0n) is 23.3. The second-order valence-corrected chi connectivity index (χ2v) is 10.4. The maximum atomic E-state index is 13.9. The van der Waals surface area contributed by atoms with Crippen molar-refractivity contribution in [2.75, 3.05) is 26.8 Å². The van der Waals surface area contributed by atoms with E-state index >= 15 is 0 Å². The molecule has 0 saturated heterocycles. The van der Waals surface area contributed by atoms with Crippen LogP contribution in [0.3, 0.4) is 0 Å². The van der Waals surface area contributed by atoms with E-state index in [2.05, 4.69) is 67.3 Å². The molecule has 0 radical (unpaired) electrons. The van der Waals surface area contributed by atoms with Crippen molar-refractivity contribution < 1.29 is 19.1 Å². The molecule has 3 rings (SSSR count). The summed E-state index contributed by atoms with van der Waals surface area (Å²) in [6, 6.07) is 16.8. The van der Waals surface area contributed by atoms with Gasteiger partial charge in [0.2, 0.25) is 5.91 Å². The summed E-state index contributed by atoms with van der Waals surface area (Å²) in [5.74, 6) is -0.0531. The number of esters is 1. The van der Waals surface area contributed by atoms with Crippen LogP contribution in [0.15, 0.2) is 48.5 Å². The number of benzene rings is 2. The van der Waals surface area contributed by atoms with Gasteiger partial charge in [-0.3, -0.25) is 4.79 Å². The first-order chi connectivity index (χ1) is 17.9. The maximum absolute atomic E-state index is 13.9. The minimum absolute atomic E-state index is 0.293. The monoisotopic (exact) mass is 507 g/mol. The molecule has 1 aliphatic carbocycles. The molecular formula is C32H45NO4. The topological polar surface area (TPSA) is 55.8 Å². The average molecular weight is 508 g/mol. The Hall–Kier alpha value is -2.66. The molecule has 0 heterocycles. The van der Waals surface area contributed by atoms with Crippen LogP contribution < -0.4 is 0 Å². The fourth-order valence-electron chi connectivity index (χ4n) is 5.01. The Labute approximate surface area is 223 Å². The highest BCUT2D eigenvalue weighted by molar-refractivity contribution is 5.91. The number of amides is 1. The lowest BCUT2D eigenvalue weighted by Gasteiger charge is -2.28. The van der Waals surface area contributed by atoms with E-state index in [1.807, 2.05) is 6.92 Å². The van der Waals surface area contributed by atoms with Crippen molar-refractivity contribution in [3.05, 3.63) is 70.8 Å². The third-order valence-corrected chi connectivity index (χ3v) is 7.53. The molecule has 1 saturated carbocycles. The van der Waals surface area contributed by atoms with Crippen molar-refractivity contribution in [3.63, 3.8) is 0 Å². The van der Waals surface area contributed by atoms with Crippen LogP contribution in [-0.2, 0) is 37.3 Å². The van der Waals surface area contributed by atoms with Crippen LogP contribution in [0.2, 0.25) is 0 Å². The van der Waals surface area contributed by atoms with Gasteiger partial charge >= 0.3 is 5.97 Å². The number of ether oxygens (including phenoxy) is 2. The summed E-state index contributed by atoms with van der Waals surface area (Å²) in [6.07, 6.45) is 8.54. The van der Waals surface area contributed by atoms with E-state index in [1.165, 1.54) is 43.9 Å². The predicted molar refractivity (Wildman–Crippen MR) is 149 cm³/mol. The fourth-order valence-corrected chi connectivity index (χ4v) is 5.01. The number of hydrogen-bond donors (Lipinski definition) is 0. The fraction of sp³-hybridized carbons (Fsp3) is 0.562. The second kappa shape index (κ2) is 14.3. The van der Waals surface area contributed by atoms with Crippen LogP contribution in [0.5, 0.6) is 0 Å². The van der Waals surface area contributed by atoms with E-state index in [9.17, 15) is 9.59 Å². The molecule has 0 N–H and O–H groups in total. The molecule has 37 heavy (non-hydrogen) atoms. The van der Waals surface area contributed by atoms with Crippen LogP contribution in [0, 0.1) is 6.92 Å². The molecule has 202 valence electrons. The summed E-state index contributed by atoms with van der Waals surface area (Å²) >= 11 is 0. The van der Waals surface area contributed by atoms with Crippen molar-refractivity contribution in [1.82, 2.24) is 4.90 Å². The molecule has 0 aromatic heterocycles. The molecule has 1 amide bonds. The van der Waals surface area contributed by atoms with Gasteiger partial charge in [-0.25, -0.2) is 4.79 Å². The molecule has 1 fully saturated rings. The van der Waals surface area contributed by atoms with Crippen LogP contribution in [-0.4, -0.2) is 49.7 Å². The standard InChI is InChI=1S/C32H45NO4/c1-5-7-8-9-10-22-33(31(35)32(20-21-32)28-17-11-25(3)12-18-28)23-19-26-13-15-27(16-14-26)24-29(37-6-2)30(34)36-4/h11-18,29H,5-10,19-24H2,1-4H3. The van der Waals surface area contributed by atoms with Gasteiger partial charge in [0.1, 0.15) is 0 Å². The molecular weight excluding hydrogens is 462 g/mol. The third-order valence-electron chi connectivity index (χ3n) is 7.53. The van der Waals surface area contributed by atoms with Crippen LogP contribution in [0.1, 0.15) is 81.0 Å². The van der Waals surface area contributed by atoms with E-state index in [-0.39, 0.29) is 11.4 Å². The van der Waals surface area contributed by atoms with Crippen LogP contribution in [0.4, 0.5) is 0 Å². The van der Waals surface area contributed by atoms with Crippen molar-refractivity contribution in [3.8, 4) is 0 Å². The lowest BCUT2D eigenvalue weighted by molar-refractivity contribution is -0.153. The van der Waals surface area contributed by atoms with E-state index in [0.717, 1.165) is 49.9 Å². The quantitative estimate of drug-likeness (QED) is 0.201. The summed E-state index contributed by atoms with van der Waals surface area (Å²) in [4.78, 5) is 28.0. The molecule has 0 spiro atoms. The highest BCUT2D eigenvalue weighted by atomic mass is 16.6. The molecule has 1 atom stereocenters. The lowest BCUT2D eigenvalue weighted by atomic mass is 9.93. The van der Waals surface area contributed by atoms with Gasteiger partial charge < -0.3 is 14.4 Å². The number of methoxy groups -OCH3 is 1. The van der Waals surface area contributed by atoms with Gasteiger partial charge in [0.15, 0.2) is 6.10 Å². The average Bonchev–Trinajstić information content (AvgIpc) is 3.72. The molecule has 5 nitrogen and oxygen atoms in total. The molecule has 5 heteroatoms. The highest BCUT2D eigenvalue weighted by Gasteiger charge is 2.52. The zero-order valence-corrected chi connectivity index (χ0v) is 23.3. The Morgan fingerprint density at radius 2 is 1.54 bits per heavy atom. The molecule has 0 aliphatic heterocycles. The van der Waals surface area contributed by atoms with Crippen molar-refractivity contribution >= 4 is 11.9 Å². The van der Waals surface area contributed by atoms with Gasteiger partial charge in [0.05, 0.1) is 12.5 Å². The largest absolute Gasteiger partial charge is 0.467 e. The number of carbonyl (C=O) groups excluding carboxylic acids is 2. The summed E-state index contributed by atoms with van der Waals surface area (Å²) in [7, 11) is 1.39. The Morgan fingerprint density at radius 3 is 2.14 bits per heavy atom. The van der Waals surface area contributed by atoms with E-state index in [1.54, 1.807) is 0 Å². The maximum Gasteiger partial charge on any atom is 0.335 e. The first-order valence-electron chi connectivity index (χ1n) is 14.1. The van der Waals surface area contributed by atoms with Crippen molar-refractivity contribution in [1.29, 1.82) is 0 Å². The Morgan fingerprint density at radius 1 is 0.892 bits per heavy atom. The van der Waals surface area contributed by atoms with Crippen LogP contribution in [0.25, 0.3) is 0 Å². The Balaban J connectivity index is 1.65. The summed E-state index contributed by atoms with van der Waals surface area (Å²) < 4.78 is 10.4. The minimum Gasteiger partial charge on any atom is -0.467 e. The first-order valence-corrected chi connectivity index (χ1v) is 14.1. The van der Waals surface area contributed by atoms with Gasteiger partial charge in [-0.1, -0.05) is 86.7 Å². The zero-order chi connectivity index (χ0) is 26.7. The minimum atomic E-state index is -0.585. The molecule has 1 aliphatic rings. The highest BCUT2D eigenvalue weighted by Crippen LogP contribution is 2.49. The SMILES string of the molecule is CCCCCCCN(CCc1ccc(CC(OCC)C(=O)OC)cc1)C(=O)C1(c2ccc(C)cc2)CC1. The molecule has 1 unspecified atom stereocenters. The normalized spacial score (nSPS) is 14.7. The Bertz CT molecular complexity index is 979. The molecule has 2 aromatic carbocycles. The summed E-state index contributed by atoms with van der Waals surface area (Å²) in [6.45, 7) is 8.20. The molecule has 0 bridgehead atoms. The number of aryl methyl sites for hydroxylation is 1. The summed E-state index contributed by atoms with van der Waals surface area (Å²) in [5.41, 5.74) is 4.29. The predicted octanol–water partition coefficient (Wildman–Crippen LogP) is 6.19. The van der Waals surface area contributed by atoms with Crippen molar-refractivity contribution in [2.24, 2.45) is 0 Å². The lowest BCUT2D eigenvalue weighted by Crippen LogP contribution is -2.41. The van der Waals surface area contributed by atoms with Gasteiger partial charge in [0, 0.05) is 26.1 Å². The number of nitrogens with zero attached hydrogens (tertiary/aromatic N) is 1. The smallest absolute Gasteiger partial charge is 0.335 e. The summed E-state index contributed by atoms with van der Waals surface area (Å²) in [5, 5.41) is 0. The van der Waals surface area contributed by atoms with E-state index in [0.29, 0.717) is 18.9 Å². The van der Waals surface area contributed by atoms with Crippen molar-refractivity contribution in [2.45, 2.75) is 90.1 Å². The first kappa shape index (κ1) is 28.9. The number of carbonyl (C=O) groups is 2. The third kappa shape index (κ3) is 8.16. The Kier molecular flexibility index (Phi) is 11.2. The number of unbranched alkanes of at least 4 members (excludes halogenated alkanes) is 4. The van der Waals surface area contributed by atoms with E-state index in [4.69, 9.17) is 9.47 Å². The van der Waals surface area contributed by atoms with E-state index < -0.39 is 6.10 Å². The molecule has 2 aromatic rings. The van der Waals surface area contributed by atoms with Gasteiger partial charge in [-0.2, -0.15) is 0 Å².